The number of urea groups is 1. The smallest absolute Gasteiger partial charge is 0.325 e. The van der Waals surface area contributed by atoms with Crippen molar-refractivity contribution in [2.24, 2.45) is 0 Å². The van der Waals surface area contributed by atoms with E-state index in [0.29, 0.717) is 17.2 Å². The highest BCUT2D eigenvalue weighted by atomic mass is 35.5. The van der Waals surface area contributed by atoms with Gasteiger partial charge in [0.1, 0.15) is 5.54 Å². The standard InChI is InChI=1S/C18H19ClN2O4S/c1-18(12-4-6-13(19)7-5-12)16(23)21(17(24)20-18)9-14(22)10-25-11-15-3-2-8-26-15/h2-8,14,22H,9-11H2,1H3,(H,20,24)/t14-,18-/m0/s1. The predicted molar refractivity (Wildman–Crippen MR) is 99.0 cm³/mol. The first-order valence-corrected chi connectivity index (χ1v) is 9.34. The summed E-state index contributed by atoms with van der Waals surface area (Å²) >= 11 is 7.44. The number of amides is 3. The maximum Gasteiger partial charge on any atom is 0.325 e. The third-order valence-corrected chi connectivity index (χ3v) is 5.33. The molecular formula is C18H19ClN2O4S. The number of ether oxygens (including phenoxy) is 1. The third-order valence-electron chi connectivity index (χ3n) is 4.22. The van der Waals surface area contributed by atoms with Crippen molar-refractivity contribution in [3.63, 3.8) is 0 Å². The Hall–Kier alpha value is -1.93. The lowest BCUT2D eigenvalue weighted by molar-refractivity contribution is -0.132. The van der Waals surface area contributed by atoms with E-state index in [4.69, 9.17) is 16.3 Å². The van der Waals surface area contributed by atoms with Crippen LogP contribution in [0.4, 0.5) is 4.79 Å². The lowest BCUT2D eigenvalue weighted by Gasteiger charge is -2.23. The van der Waals surface area contributed by atoms with Gasteiger partial charge in [0.25, 0.3) is 5.91 Å². The van der Waals surface area contributed by atoms with Crippen LogP contribution in [0.3, 0.4) is 0 Å². The minimum atomic E-state index is -1.18. The number of hydrogen-bond donors (Lipinski definition) is 2. The second-order valence-corrected chi connectivity index (χ2v) is 7.69. The maximum absolute atomic E-state index is 12.8. The molecule has 2 heterocycles. The Labute approximate surface area is 160 Å². The molecule has 1 saturated heterocycles. The first kappa shape index (κ1) is 18.8. The summed E-state index contributed by atoms with van der Waals surface area (Å²) in [6, 6.07) is 10.0. The lowest BCUT2D eigenvalue weighted by atomic mass is 9.92. The molecule has 2 aromatic rings. The van der Waals surface area contributed by atoms with Gasteiger partial charge in [-0.1, -0.05) is 29.8 Å². The number of nitrogens with zero attached hydrogens (tertiary/aromatic N) is 1. The summed E-state index contributed by atoms with van der Waals surface area (Å²) in [6.45, 7) is 1.93. The van der Waals surface area contributed by atoms with Gasteiger partial charge in [-0.15, -0.1) is 11.3 Å². The topological polar surface area (TPSA) is 78.9 Å². The Kier molecular flexibility index (Phi) is 5.62. The number of carbonyl (C=O) groups excluding carboxylic acids is 2. The molecule has 0 radical (unpaired) electrons. The molecule has 0 saturated carbocycles. The molecule has 0 unspecified atom stereocenters. The molecule has 138 valence electrons. The average molecular weight is 395 g/mol. The second kappa shape index (κ2) is 7.75. The largest absolute Gasteiger partial charge is 0.389 e. The number of carbonyl (C=O) groups is 2. The van der Waals surface area contributed by atoms with Crippen LogP contribution in [0.15, 0.2) is 41.8 Å². The zero-order chi connectivity index (χ0) is 18.7. The van der Waals surface area contributed by atoms with Gasteiger partial charge in [0, 0.05) is 9.90 Å². The van der Waals surface area contributed by atoms with E-state index in [9.17, 15) is 14.7 Å². The number of benzene rings is 1. The highest BCUT2D eigenvalue weighted by molar-refractivity contribution is 7.09. The summed E-state index contributed by atoms with van der Waals surface area (Å²) in [6.07, 6.45) is -0.961. The molecule has 1 fully saturated rings. The molecule has 1 aromatic carbocycles. The normalized spacial score (nSPS) is 21.1. The van der Waals surface area contributed by atoms with Crippen LogP contribution in [0.5, 0.6) is 0 Å². The van der Waals surface area contributed by atoms with E-state index in [1.165, 1.54) is 0 Å². The van der Waals surface area contributed by atoms with Gasteiger partial charge in [-0.2, -0.15) is 0 Å². The highest BCUT2D eigenvalue weighted by Crippen LogP contribution is 2.29. The van der Waals surface area contributed by atoms with Crippen molar-refractivity contribution in [2.75, 3.05) is 13.2 Å². The van der Waals surface area contributed by atoms with Crippen LogP contribution in [0.25, 0.3) is 0 Å². The number of aliphatic hydroxyl groups excluding tert-OH is 1. The number of rotatable bonds is 7. The van der Waals surface area contributed by atoms with Crippen LogP contribution >= 0.6 is 22.9 Å². The van der Waals surface area contributed by atoms with Crippen LogP contribution in [-0.4, -0.2) is 41.2 Å². The van der Waals surface area contributed by atoms with Gasteiger partial charge in [-0.05, 0) is 36.1 Å². The van der Waals surface area contributed by atoms with Crippen molar-refractivity contribution in [3.8, 4) is 0 Å². The summed E-state index contributed by atoms with van der Waals surface area (Å²) < 4.78 is 5.45. The average Bonchev–Trinajstić information content (AvgIpc) is 3.19. The Balaban J connectivity index is 1.60. The van der Waals surface area contributed by atoms with E-state index in [2.05, 4.69) is 5.32 Å². The zero-order valence-corrected chi connectivity index (χ0v) is 15.7. The molecule has 0 spiro atoms. The fourth-order valence-electron chi connectivity index (χ4n) is 2.80. The molecule has 6 nitrogen and oxygen atoms in total. The first-order valence-electron chi connectivity index (χ1n) is 8.08. The molecule has 0 bridgehead atoms. The van der Waals surface area contributed by atoms with Crippen molar-refractivity contribution in [1.29, 1.82) is 0 Å². The molecular weight excluding hydrogens is 376 g/mol. The Morgan fingerprint density at radius 3 is 2.69 bits per heavy atom. The van der Waals surface area contributed by atoms with Gasteiger partial charge in [0.15, 0.2) is 0 Å². The molecule has 3 amide bonds. The van der Waals surface area contributed by atoms with Crippen molar-refractivity contribution in [1.82, 2.24) is 10.2 Å². The van der Waals surface area contributed by atoms with E-state index < -0.39 is 23.6 Å². The maximum atomic E-state index is 12.8. The van der Waals surface area contributed by atoms with Gasteiger partial charge < -0.3 is 15.2 Å². The van der Waals surface area contributed by atoms with Crippen LogP contribution in [0.1, 0.15) is 17.4 Å². The number of halogens is 1. The number of hydrogen-bond acceptors (Lipinski definition) is 5. The number of thiophene rings is 1. The second-order valence-electron chi connectivity index (χ2n) is 6.23. The van der Waals surface area contributed by atoms with Crippen LogP contribution in [0, 0.1) is 0 Å². The monoisotopic (exact) mass is 394 g/mol. The molecule has 1 aliphatic heterocycles. The van der Waals surface area contributed by atoms with E-state index in [-0.39, 0.29) is 13.2 Å². The minimum Gasteiger partial charge on any atom is -0.389 e. The predicted octanol–water partition coefficient (Wildman–Crippen LogP) is 2.75. The van der Waals surface area contributed by atoms with E-state index in [1.54, 1.807) is 42.5 Å². The number of nitrogens with one attached hydrogen (secondary N) is 1. The van der Waals surface area contributed by atoms with Gasteiger partial charge in [-0.3, -0.25) is 9.69 Å². The fraction of sp³-hybridized carbons (Fsp3) is 0.333. The van der Waals surface area contributed by atoms with E-state index in [1.807, 2.05) is 17.5 Å². The summed E-state index contributed by atoms with van der Waals surface area (Å²) in [7, 11) is 0. The zero-order valence-electron chi connectivity index (χ0n) is 14.1. The van der Waals surface area contributed by atoms with Crippen molar-refractivity contribution < 1.29 is 19.4 Å². The van der Waals surface area contributed by atoms with Crippen molar-refractivity contribution >= 4 is 34.9 Å². The molecule has 3 rings (SSSR count). The molecule has 1 aromatic heterocycles. The molecule has 26 heavy (non-hydrogen) atoms. The van der Waals surface area contributed by atoms with Crippen LogP contribution < -0.4 is 5.32 Å². The van der Waals surface area contributed by atoms with E-state index in [0.717, 1.165) is 9.78 Å². The molecule has 8 heteroatoms. The summed E-state index contributed by atoms with van der Waals surface area (Å²) in [5.41, 5.74) is -0.551. The SMILES string of the molecule is C[C@@]1(c2ccc(Cl)cc2)NC(=O)N(C[C@H](O)COCc2cccs2)C1=O. The number of β-amino-alcohol motifs (C(OH)–C–C–N with tert-alkyl or cyclic N) is 1. The minimum absolute atomic E-state index is 0.0343. The summed E-state index contributed by atoms with van der Waals surface area (Å²) in [4.78, 5) is 27.1. The van der Waals surface area contributed by atoms with Crippen LogP contribution in [0.2, 0.25) is 5.02 Å². The highest BCUT2D eigenvalue weighted by Gasteiger charge is 2.49. The van der Waals surface area contributed by atoms with Crippen molar-refractivity contribution in [3.05, 3.63) is 57.2 Å². The Bertz CT molecular complexity index is 781. The van der Waals surface area contributed by atoms with E-state index >= 15 is 0 Å². The van der Waals surface area contributed by atoms with Gasteiger partial charge in [0.05, 0.1) is 25.9 Å². The molecule has 1 aliphatic rings. The quantitative estimate of drug-likeness (QED) is 0.708. The summed E-state index contributed by atoms with van der Waals surface area (Å²) in [5, 5.41) is 15.3. The number of aliphatic hydroxyl groups is 1. The van der Waals surface area contributed by atoms with Gasteiger partial charge >= 0.3 is 6.03 Å². The molecule has 2 atom stereocenters. The van der Waals surface area contributed by atoms with Gasteiger partial charge in [0.2, 0.25) is 0 Å². The van der Waals surface area contributed by atoms with Crippen molar-refractivity contribution in [2.45, 2.75) is 25.2 Å². The summed E-state index contributed by atoms with van der Waals surface area (Å²) in [5.74, 6) is -0.415. The number of imide groups is 1. The Morgan fingerprint density at radius 2 is 2.04 bits per heavy atom. The third kappa shape index (κ3) is 3.91. The fourth-order valence-corrected chi connectivity index (χ4v) is 3.56. The van der Waals surface area contributed by atoms with Gasteiger partial charge in [-0.25, -0.2) is 4.79 Å². The lowest BCUT2D eigenvalue weighted by Crippen LogP contribution is -2.42. The molecule has 2 N–H and O–H groups in total. The molecule has 0 aliphatic carbocycles. The van der Waals surface area contributed by atoms with Crippen LogP contribution in [-0.2, 0) is 21.7 Å². The first-order chi connectivity index (χ1) is 12.4. The Morgan fingerprint density at radius 1 is 1.31 bits per heavy atom.